The Hall–Kier alpha value is -2.00. The van der Waals surface area contributed by atoms with Crippen molar-refractivity contribution in [2.45, 2.75) is 30.8 Å². The minimum atomic E-state index is 0.0459. The van der Waals surface area contributed by atoms with Crippen molar-refractivity contribution < 1.29 is 9.47 Å². The molecule has 3 aliphatic heterocycles. The van der Waals surface area contributed by atoms with E-state index in [1.54, 1.807) is 0 Å². The zero-order valence-corrected chi connectivity index (χ0v) is 13.9. The molecule has 0 amide bonds. The first-order chi connectivity index (χ1) is 11.8. The lowest BCUT2D eigenvalue weighted by Crippen LogP contribution is -2.48. The van der Waals surface area contributed by atoms with Crippen molar-refractivity contribution in [3.05, 3.63) is 59.7 Å². The van der Waals surface area contributed by atoms with Crippen LogP contribution in [0.2, 0.25) is 0 Å². The van der Waals surface area contributed by atoms with Crippen molar-refractivity contribution >= 4 is 0 Å². The average molecular weight is 321 g/mol. The predicted molar refractivity (Wildman–Crippen MR) is 93.9 cm³/mol. The lowest BCUT2D eigenvalue weighted by atomic mass is 9.86. The van der Waals surface area contributed by atoms with Crippen LogP contribution in [0, 0.1) is 0 Å². The Morgan fingerprint density at radius 2 is 1.71 bits per heavy atom. The van der Waals surface area contributed by atoms with Gasteiger partial charge in [-0.25, -0.2) is 0 Å². The number of benzene rings is 2. The van der Waals surface area contributed by atoms with Crippen molar-refractivity contribution in [3.8, 4) is 11.5 Å². The monoisotopic (exact) mass is 321 g/mol. The SMILES string of the molecule is c1ccc2c(c1)CC1(CCN(CC3COc4ccccc43)CC1)O2. The van der Waals surface area contributed by atoms with Gasteiger partial charge in [0.25, 0.3) is 0 Å². The molecule has 0 saturated carbocycles. The van der Waals surface area contributed by atoms with E-state index in [0.29, 0.717) is 5.92 Å². The van der Waals surface area contributed by atoms with Gasteiger partial charge in [0.05, 0.1) is 6.61 Å². The largest absolute Gasteiger partial charge is 0.493 e. The first kappa shape index (κ1) is 14.4. The summed E-state index contributed by atoms with van der Waals surface area (Å²) in [5.41, 5.74) is 2.80. The molecule has 5 rings (SSSR count). The van der Waals surface area contributed by atoms with Crippen LogP contribution < -0.4 is 9.47 Å². The maximum absolute atomic E-state index is 6.36. The van der Waals surface area contributed by atoms with Gasteiger partial charge in [-0.3, -0.25) is 0 Å². The fourth-order valence-electron chi connectivity index (χ4n) is 4.48. The first-order valence-electron chi connectivity index (χ1n) is 9.02. The highest BCUT2D eigenvalue weighted by atomic mass is 16.5. The molecule has 1 spiro atoms. The normalized spacial score (nSPS) is 24.2. The topological polar surface area (TPSA) is 21.7 Å². The van der Waals surface area contributed by atoms with Gasteiger partial charge in [0, 0.05) is 50.4 Å². The summed E-state index contributed by atoms with van der Waals surface area (Å²) in [5.74, 6) is 2.69. The number of fused-ring (bicyclic) bond motifs is 2. The zero-order chi connectivity index (χ0) is 16.0. The predicted octanol–water partition coefficient (Wildman–Crippen LogP) is 3.63. The van der Waals surface area contributed by atoms with E-state index in [0.717, 1.165) is 57.0 Å². The quantitative estimate of drug-likeness (QED) is 0.843. The molecule has 0 bridgehead atoms. The Morgan fingerprint density at radius 3 is 2.54 bits per heavy atom. The summed E-state index contributed by atoms with van der Waals surface area (Å²) in [6, 6.07) is 17.0. The Kier molecular flexibility index (Phi) is 3.30. The van der Waals surface area contributed by atoms with E-state index in [9.17, 15) is 0 Å². The van der Waals surface area contributed by atoms with Crippen molar-refractivity contribution in [2.24, 2.45) is 0 Å². The van der Waals surface area contributed by atoms with E-state index in [1.807, 2.05) is 0 Å². The molecule has 3 nitrogen and oxygen atoms in total. The smallest absolute Gasteiger partial charge is 0.123 e. The number of ether oxygens (including phenoxy) is 2. The highest BCUT2D eigenvalue weighted by Crippen LogP contribution is 2.41. The van der Waals surface area contributed by atoms with Crippen LogP contribution >= 0.6 is 0 Å². The van der Waals surface area contributed by atoms with E-state index in [2.05, 4.69) is 53.4 Å². The Bertz CT molecular complexity index is 722. The summed E-state index contributed by atoms with van der Waals surface area (Å²) in [6.07, 6.45) is 3.32. The summed E-state index contributed by atoms with van der Waals surface area (Å²) in [7, 11) is 0. The molecule has 2 aromatic rings. The van der Waals surface area contributed by atoms with Gasteiger partial charge >= 0.3 is 0 Å². The van der Waals surface area contributed by atoms with Crippen LogP contribution in [-0.2, 0) is 6.42 Å². The maximum atomic E-state index is 6.36. The van der Waals surface area contributed by atoms with E-state index in [4.69, 9.17) is 9.47 Å². The van der Waals surface area contributed by atoms with Gasteiger partial charge in [-0.1, -0.05) is 36.4 Å². The van der Waals surface area contributed by atoms with E-state index >= 15 is 0 Å². The number of likely N-dealkylation sites (tertiary alicyclic amines) is 1. The van der Waals surface area contributed by atoms with Gasteiger partial charge in [0.1, 0.15) is 17.1 Å². The second kappa shape index (κ2) is 5.52. The minimum absolute atomic E-state index is 0.0459. The van der Waals surface area contributed by atoms with Crippen molar-refractivity contribution in [3.63, 3.8) is 0 Å². The molecule has 1 fully saturated rings. The number of para-hydroxylation sites is 2. The standard InChI is InChI=1S/C21H23NO2/c1-3-7-19-16(5-1)13-21(24-19)9-11-22(12-10-21)14-17-15-23-20-8-4-2-6-18(17)20/h1-8,17H,9-15H2. The summed E-state index contributed by atoms with van der Waals surface area (Å²) in [5, 5.41) is 0. The van der Waals surface area contributed by atoms with Gasteiger partial charge < -0.3 is 14.4 Å². The number of nitrogens with zero attached hydrogens (tertiary/aromatic N) is 1. The molecule has 3 heteroatoms. The molecule has 0 radical (unpaired) electrons. The van der Waals surface area contributed by atoms with Gasteiger partial charge in [-0.15, -0.1) is 0 Å². The molecular formula is C21H23NO2. The van der Waals surface area contributed by atoms with Crippen LogP contribution in [-0.4, -0.2) is 36.7 Å². The van der Waals surface area contributed by atoms with Crippen LogP contribution in [0.4, 0.5) is 0 Å². The Balaban J connectivity index is 1.23. The third kappa shape index (κ3) is 2.39. The molecule has 124 valence electrons. The Morgan fingerprint density at radius 1 is 0.958 bits per heavy atom. The molecule has 0 aromatic heterocycles. The third-order valence-electron chi connectivity index (χ3n) is 5.86. The van der Waals surface area contributed by atoms with Crippen molar-refractivity contribution in [2.75, 3.05) is 26.2 Å². The van der Waals surface area contributed by atoms with Crippen molar-refractivity contribution in [1.82, 2.24) is 4.90 Å². The number of hydrogen-bond acceptors (Lipinski definition) is 3. The fourth-order valence-corrected chi connectivity index (χ4v) is 4.48. The van der Waals surface area contributed by atoms with Crippen LogP contribution in [0.1, 0.15) is 29.9 Å². The summed E-state index contributed by atoms with van der Waals surface area (Å²) in [4.78, 5) is 2.59. The third-order valence-corrected chi connectivity index (χ3v) is 5.86. The lowest BCUT2D eigenvalue weighted by molar-refractivity contribution is 0.0172. The number of hydrogen-bond donors (Lipinski definition) is 0. The van der Waals surface area contributed by atoms with E-state index < -0.39 is 0 Å². The molecule has 3 aliphatic rings. The van der Waals surface area contributed by atoms with Gasteiger partial charge in [-0.05, 0) is 17.7 Å². The molecule has 1 unspecified atom stereocenters. The minimum Gasteiger partial charge on any atom is -0.493 e. The fraction of sp³-hybridized carbons (Fsp3) is 0.429. The maximum Gasteiger partial charge on any atom is 0.123 e. The van der Waals surface area contributed by atoms with Crippen LogP contribution in [0.25, 0.3) is 0 Å². The molecule has 24 heavy (non-hydrogen) atoms. The second-order valence-corrected chi connectivity index (χ2v) is 7.42. The molecule has 1 saturated heterocycles. The molecule has 1 atom stereocenters. The summed E-state index contributed by atoms with van der Waals surface area (Å²) >= 11 is 0. The van der Waals surface area contributed by atoms with Crippen LogP contribution in [0.15, 0.2) is 48.5 Å². The second-order valence-electron chi connectivity index (χ2n) is 7.42. The molecule has 0 aliphatic carbocycles. The van der Waals surface area contributed by atoms with Crippen molar-refractivity contribution in [1.29, 1.82) is 0 Å². The van der Waals surface area contributed by atoms with Gasteiger partial charge in [-0.2, -0.15) is 0 Å². The molecule has 2 aromatic carbocycles. The zero-order valence-electron chi connectivity index (χ0n) is 13.9. The van der Waals surface area contributed by atoms with Gasteiger partial charge in [0.2, 0.25) is 0 Å². The summed E-state index contributed by atoms with van der Waals surface area (Å²) in [6.45, 7) is 4.16. The van der Waals surface area contributed by atoms with E-state index in [-0.39, 0.29) is 5.60 Å². The van der Waals surface area contributed by atoms with Gasteiger partial charge in [0.15, 0.2) is 0 Å². The summed E-state index contributed by atoms with van der Waals surface area (Å²) < 4.78 is 12.2. The Labute approximate surface area is 143 Å². The molecule has 0 N–H and O–H groups in total. The lowest BCUT2D eigenvalue weighted by Gasteiger charge is -2.39. The first-order valence-corrected chi connectivity index (χ1v) is 9.02. The average Bonchev–Trinajstić information content (AvgIpc) is 3.18. The molecular weight excluding hydrogens is 298 g/mol. The molecule has 3 heterocycles. The van der Waals surface area contributed by atoms with Crippen LogP contribution in [0.5, 0.6) is 11.5 Å². The highest BCUT2D eigenvalue weighted by Gasteiger charge is 2.42. The number of piperidine rings is 1. The number of rotatable bonds is 2. The van der Waals surface area contributed by atoms with Crippen LogP contribution in [0.3, 0.4) is 0 Å². The highest BCUT2D eigenvalue weighted by molar-refractivity contribution is 5.40. The van der Waals surface area contributed by atoms with E-state index in [1.165, 1.54) is 11.1 Å².